The van der Waals surface area contributed by atoms with Crippen molar-refractivity contribution in [2.45, 2.75) is 20.3 Å². The second kappa shape index (κ2) is 5.03. The summed E-state index contributed by atoms with van der Waals surface area (Å²) in [6, 6.07) is 0. The molecule has 0 atom stereocenters. The first-order chi connectivity index (χ1) is 5.81. The van der Waals surface area contributed by atoms with Crippen LogP contribution in [0, 0.1) is 5.92 Å². The number of rotatable bonds is 3. The molecule has 0 saturated heterocycles. The predicted molar refractivity (Wildman–Crippen MR) is 40.6 cm³/mol. The molecule has 0 saturated carbocycles. The SMILES string of the molecule is [2H]C([2H])([2H])OC(=O)/C=C/CC(C)C. The van der Waals surface area contributed by atoms with Crippen molar-refractivity contribution in [1.29, 1.82) is 0 Å². The maximum absolute atomic E-state index is 10.8. The van der Waals surface area contributed by atoms with Crippen molar-refractivity contribution in [1.82, 2.24) is 0 Å². The van der Waals surface area contributed by atoms with Crippen LogP contribution in [0.15, 0.2) is 12.2 Å². The number of allylic oxidation sites excluding steroid dienone is 1. The number of hydrogen-bond donors (Lipinski definition) is 0. The number of ether oxygens (including phenoxy) is 1. The van der Waals surface area contributed by atoms with Gasteiger partial charge in [0, 0.05) is 6.08 Å². The third-order valence-corrected chi connectivity index (χ3v) is 0.962. The first-order valence-electron chi connectivity index (χ1n) is 4.71. The summed E-state index contributed by atoms with van der Waals surface area (Å²) in [6.45, 7) is 4.00. The van der Waals surface area contributed by atoms with Gasteiger partial charge in [-0.15, -0.1) is 0 Å². The van der Waals surface area contributed by atoms with Crippen LogP contribution in [0.5, 0.6) is 0 Å². The zero-order chi connectivity index (χ0) is 10.5. The van der Waals surface area contributed by atoms with Gasteiger partial charge in [-0.1, -0.05) is 19.9 Å². The minimum atomic E-state index is -2.64. The molecule has 10 heavy (non-hydrogen) atoms. The molecule has 0 fully saturated rings. The van der Waals surface area contributed by atoms with Crippen LogP contribution in [0.3, 0.4) is 0 Å². The molecule has 0 amide bonds. The topological polar surface area (TPSA) is 26.3 Å². The molecule has 2 heteroatoms. The summed E-state index contributed by atoms with van der Waals surface area (Å²) in [7, 11) is -2.64. The molecule has 0 bridgehead atoms. The van der Waals surface area contributed by atoms with E-state index in [2.05, 4.69) is 4.74 Å². The highest BCUT2D eigenvalue weighted by molar-refractivity contribution is 5.81. The Bertz CT molecular complexity index is 194. The second-order valence-electron chi connectivity index (χ2n) is 2.45. The average Bonchev–Trinajstić information content (AvgIpc) is 1.81. The van der Waals surface area contributed by atoms with Gasteiger partial charge < -0.3 is 4.74 Å². The normalized spacial score (nSPS) is 16.5. The van der Waals surface area contributed by atoms with Gasteiger partial charge in [-0.3, -0.25) is 0 Å². The van der Waals surface area contributed by atoms with Crippen LogP contribution in [0.2, 0.25) is 0 Å². The first kappa shape index (κ1) is 4.94. The van der Waals surface area contributed by atoms with Crippen molar-refractivity contribution in [2.75, 3.05) is 7.04 Å². The molecule has 0 aromatic rings. The van der Waals surface area contributed by atoms with Crippen LogP contribution in [0.25, 0.3) is 0 Å². The Hall–Kier alpha value is -0.790. The van der Waals surface area contributed by atoms with E-state index in [0.29, 0.717) is 5.92 Å². The molecule has 0 aromatic heterocycles. The van der Waals surface area contributed by atoms with Gasteiger partial charge in [-0.05, 0) is 12.3 Å². The summed E-state index contributed by atoms with van der Waals surface area (Å²) in [5.74, 6) is -0.377. The van der Waals surface area contributed by atoms with Crippen molar-refractivity contribution in [3.8, 4) is 0 Å². The van der Waals surface area contributed by atoms with Gasteiger partial charge in [0.25, 0.3) is 0 Å². The first-order valence-corrected chi connectivity index (χ1v) is 3.21. The molecule has 58 valence electrons. The highest BCUT2D eigenvalue weighted by atomic mass is 16.5. The highest BCUT2D eigenvalue weighted by Crippen LogP contribution is 1.99. The van der Waals surface area contributed by atoms with Crippen LogP contribution < -0.4 is 0 Å². The second-order valence-corrected chi connectivity index (χ2v) is 2.45. The van der Waals surface area contributed by atoms with Gasteiger partial charge in [0.05, 0.1) is 11.2 Å². The quantitative estimate of drug-likeness (QED) is 0.447. The number of hydrogen-bond acceptors (Lipinski definition) is 2. The fourth-order valence-electron chi connectivity index (χ4n) is 0.470. The molecule has 0 radical (unpaired) electrons. The fraction of sp³-hybridized carbons (Fsp3) is 0.625. The van der Waals surface area contributed by atoms with E-state index in [1.54, 1.807) is 6.08 Å². The van der Waals surface area contributed by atoms with E-state index in [4.69, 9.17) is 4.11 Å². The van der Waals surface area contributed by atoms with Crippen LogP contribution in [-0.4, -0.2) is 13.0 Å². The van der Waals surface area contributed by atoms with Crippen LogP contribution >= 0.6 is 0 Å². The Kier molecular flexibility index (Phi) is 2.49. The monoisotopic (exact) mass is 145 g/mol. The smallest absolute Gasteiger partial charge is 0.330 e. The molecule has 0 aliphatic rings. The Morgan fingerprint density at radius 3 is 3.00 bits per heavy atom. The van der Waals surface area contributed by atoms with E-state index in [1.807, 2.05) is 13.8 Å². The summed E-state index contributed by atoms with van der Waals surface area (Å²) in [5, 5.41) is 0. The lowest BCUT2D eigenvalue weighted by Gasteiger charge is -1.95. The van der Waals surface area contributed by atoms with Gasteiger partial charge in [0.15, 0.2) is 0 Å². The fourth-order valence-corrected chi connectivity index (χ4v) is 0.470. The number of carbonyl (C=O) groups excluding carboxylic acids is 1. The minimum absolute atomic E-state index is 0.441. The van der Waals surface area contributed by atoms with E-state index >= 15 is 0 Å². The van der Waals surface area contributed by atoms with Gasteiger partial charge >= 0.3 is 5.97 Å². The third kappa shape index (κ3) is 5.35. The van der Waals surface area contributed by atoms with Crippen molar-refractivity contribution >= 4 is 5.97 Å². The summed E-state index contributed by atoms with van der Waals surface area (Å²) < 4.78 is 24.0. The average molecular weight is 145 g/mol. The van der Waals surface area contributed by atoms with Crippen molar-refractivity contribution in [3.05, 3.63) is 12.2 Å². The molecular weight excluding hydrogens is 128 g/mol. The van der Waals surface area contributed by atoms with Crippen molar-refractivity contribution in [2.24, 2.45) is 5.92 Å². The van der Waals surface area contributed by atoms with Gasteiger partial charge in [0.2, 0.25) is 0 Å². The molecule has 0 spiro atoms. The lowest BCUT2D eigenvalue weighted by molar-refractivity contribution is -0.134. The van der Waals surface area contributed by atoms with E-state index in [1.165, 1.54) is 0 Å². The molecule has 0 aliphatic heterocycles. The van der Waals surface area contributed by atoms with Crippen LogP contribution in [-0.2, 0) is 9.53 Å². The Balaban J connectivity index is 3.81. The van der Waals surface area contributed by atoms with Crippen molar-refractivity contribution < 1.29 is 13.6 Å². The predicted octanol–water partition coefficient (Wildman–Crippen LogP) is 1.76. The molecule has 0 N–H and O–H groups in total. The van der Waals surface area contributed by atoms with Gasteiger partial charge in [-0.2, -0.15) is 0 Å². The minimum Gasteiger partial charge on any atom is -0.466 e. The molecule has 0 heterocycles. The number of esters is 1. The largest absolute Gasteiger partial charge is 0.466 e. The Labute approximate surface area is 66.1 Å². The summed E-state index contributed by atoms with van der Waals surface area (Å²) in [5.41, 5.74) is 0. The highest BCUT2D eigenvalue weighted by Gasteiger charge is 1.91. The standard InChI is InChI=1S/C8H14O2/c1-7(2)5-4-6-8(9)10-3/h4,6-7H,5H2,1-3H3/b6-4+/i3D3. The Morgan fingerprint density at radius 2 is 2.50 bits per heavy atom. The third-order valence-electron chi connectivity index (χ3n) is 0.962. The maximum Gasteiger partial charge on any atom is 0.330 e. The zero-order valence-electron chi connectivity index (χ0n) is 9.26. The molecular formula is C8H14O2. The van der Waals surface area contributed by atoms with Crippen LogP contribution in [0.1, 0.15) is 24.4 Å². The summed E-state index contributed by atoms with van der Waals surface area (Å²) in [6.07, 6.45) is 3.49. The van der Waals surface area contributed by atoms with Crippen molar-refractivity contribution in [3.63, 3.8) is 0 Å². The van der Waals surface area contributed by atoms with Gasteiger partial charge in [-0.25, -0.2) is 4.79 Å². The number of carbonyl (C=O) groups is 1. The lowest BCUT2D eigenvalue weighted by atomic mass is 10.1. The van der Waals surface area contributed by atoms with E-state index in [-0.39, 0.29) is 0 Å². The van der Waals surface area contributed by atoms with E-state index in [9.17, 15) is 4.79 Å². The molecule has 2 nitrogen and oxygen atoms in total. The summed E-state index contributed by atoms with van der Waals surface area (Å²) in [4.78, 5) is 10.8. The van der Waals surface area contributed by atoms with Gasteiger partial charge in [0.1, 0.15) is 0 Å². The molecule has 0 unspecified atom stereocenters. The Morgan fingerprint density at radius 1 is 1.80 bits per heavy atom. The molecule has 0 rings (SSSR count). The molecule has 0 aromatic carbocycles. The lowest BCUT2D eigenvalue weighted by Crippen LogP contribution is -1.94. The molecule has 0 aliphatic carbocycles. The zero-order valence-corrected chi connectivity index (χ0v) is 6.26. The van der Waals surface area contributed by atoms with E-state index < -0.39 is 13.0 Å². The van der Waals surface area contributed by atoms with E-state index in [0.717, 1.165) is 12.5 Å². The maximum atomic E-state index is 10.8. The van der Waals surface area contributed by atoms with Crippen LogP contribution in [0.4, 0.5) is 0 Å². The summed E-state index contributed by atoms with van der Waals surface area (Å²) >= 11 is 0. The number of methoxy groups -OCH3 is 1.